The minimum atomic E-state index is -0.498. The van der Waals surface area contributed by atoms with Crippen LogP contribution in [0, 0.1) is 0 Å². The molecule has 0 radical (unpaired) electrons. The lowest BCUT2D eigenvalue weighted by Crippen LogP contribution is -2.25. The lowest BCUT2D eigenvalue weighted by Gasteiger charge is -2.03. The van der Waals surface area contributed by atoms with Gasteiger partial charge in [0, 0.05) is 7.05 Å². The summed E-state index contributed by atoms with van der Waals surface area (Å²) in [4.78, 5) is 15.2. The molecule has 0 atom stereocenters. The summed E-state index contributed by atoms with van der Waals surface area (Å²) in [5.41, 5.74) is 9.58. The number of hydrogen-bond donors (Lipinski definition) is 2. The average molecular weight is 212 g/mol. The van der Waals surface area contributed by atoms with Crippen LogP contribution in [0.1, 0.15) is 18.3 Å². The summed E-state index contributed by atoms with van der Waals surface area (Å²) in [6.07, 6.45) is 0.899. The van der Waals surface area contributed by atoms with Crippen LogP contribution in [0.2, 0.25) is 0 Å². The van der Waals surface area contributed by atoms with Crippen LogP contribution in [-0.2, 0) is 29.6 Å². The maximum Gasteiger partial charge on any atom is 0.245 e. The molecule has 0 aliphatic heterocycles. The normalized spacial score (nSPS) is 10.5. The number of carbonyl (C=O) groups is 1. The Balaban J connectivity index is 2.36. The molecule has 0 saturated carbocycles. The van der Waals surface area contributed by atoms with E-state index in [1.54, 1.807) is 4.68 Å². The highest BCUT2D eigenvalue weighted by Gasteiger charge is 2.03. The SMILES string of the molecule is CCc1cc(CNOCC(N)=O)n(C)n1. The van der Waals surface area contributed by atoms with E-state index in [-0.39, 0.29) is 6.61 Å². The number of hydroxylamine groups is 1. The molecule has 1 heterocycles. The number of primary amides is 1. The van der Waals surface area contributed by atoms with E-state index in [9.17, 15) is 4.79 Å². The Bertz CT molecular complexity index is 335. The summed E-state index contributed by atoms with van der Waals surface area (Å²) in [6.45, 7) is 2.42. The number of nitrogens with one attached hydrogen (secondary N) is 1. The Morgan fingerprint density at radius 2 is 2.47 bits per heavy atom. The van der Waals surface area contributed by atoms with Gasteiger partial charge in [-0.3, -0.25) is 14.3 Å². The second-order valence-corrected chi connectivity index (χ2v) is 3.18. The molecular weight excluding hydrogens is 196 g/mol. The second-order valence-electron chi connectivity index (χ2n) is 3.18. The maximum atomic E-state index is 10.4. The highest BCUT2D eigenvalue weighted by molar-refractivity contribution is 5.74. The summed E-state index contributed by atoms with van der Waals surface area (Å²) in [7, 11) is 1.87. The van der Waals surface area contributed by atoms with Crippen molar-refractivity contribution in [2.45, 2.75) is 19.9 Å². The third-order valence-corrected chi connectivity index (χ3v) is 1.96. The molecule has 0 unspecified atom stereocenters. The second kappa shape index (κ2) is 5.47. The molecule has 15 heavy (non-hydrogen) atoms. The minimum absolute atomic E-state index is 0.127. The summed E-state index contributed by atoms with van der Waals surface area (Å²) in [6, 6.07) is 1.99. The lowest BCUT2D eigenvalue weighted by atomic mass is 10.3. The quantitative estimate of drug-likeness (QED) is 0.491. The number of rotatable bonds is 6. The van der Waals surface area contributed by atoms with Crippen molar-refractivity contribution in [2.75, 3.05) is 6.61 Å². The van der Waals surface area contributed by atoms with Crippen molar-refractivity contribution in [1.82, 2.24) is 15.3 Å². The Labute approximate surface area is 88.3 Å². The fourth-order valence-corrected chi connectivity index (χ4v) is 1.16. The number of carbonyl (C=O) groups excluding carboxylic acids is 1. The zero-order valence-electron chi connectivity index (χ0n) is 8.99. The van der Waals surface area contributed by atoms with E-state index in [0.29, 0.717) is 6.54 Å². The van der Waals surface area contributed by atoms with Gasteiger partial charge in [-0.1, -0.05) is 6.92 Å². The first-order valence-corrected chi connectivity index (χ1v) is 4.78. The molecule has 1 aromatic rings. The van der Waals surface area contributed by atoms with E-state index in [4.69, 9.17) is 10.6 Å². The number of nitrogens with zero attached hydrogens (tertiary/aromatic N) is 2. The average Bonchev–Trinajstić information content (AvgIpc) is 2.54. The van der Waals surface area contributed by atoms with Gasteiger partial charge in [0.25, 0.3) is 0 Å². The predicted octanol–water partition coefficient (Wildman–Crippen LogP) is -0.511. The van der Waals surface area contributed by atoms with Crippen molar-refractivity contribution in [3.05, 3.63) is 17.5 Å². The van der Waals surface area contributed by atoms with E-state index in [2.05, 4.69) is 10.6 Å². The molecule has 6 heteroatoms. The Morgan fingerprint density at radius 3 is 3.00 bits per heavy atom. The Hall–Kier alpha value is -1.40. The van der Waals surface area contributed by atoms with E-state index >= 15 is 0 Å². The first-order valence-electron chi connectivity index (χ1n) is 4.78. The molecule has 0 saturated heterocycles. The van der Waals surface area contributed by atoms with Crippen molar-refractivity contribution in [2.24, 2.45) is 12.8 Å². The third-order valence-electron chi connectivity index (χ3n) is 1.96. The van der Waals surface area contributed by atoms with Gasteiger partial charge in [-0.25, -0.2) is 0 Å². The molecule has 84 valence electrons. The molecule has 3 N–H and O–H groups in total. The predicted molar refractivity (Wildman–Crippen MR) is 54.6 cm³/mol. The molecular formula is C9H16N4O2. The highest BCUT2D eigenvalue weighted by atomic mass is 16.6. The van der Waals surface area contributed by atoms with Gasteiger partial charge in [0.2, 0.25) is 5.91 Å². The van der Waals surface area contributed by atoms with Gasteiger partial charge in [-0.15, -0.1) is 0 Å². The zero-order valence-corrected chi connectivity index (χ0v) is 8.99. The summed E-state index contributed by atoms with van der Waals surface area (Å²) < 4.78 is 1.78. The molecule has 0 aliphatic rings. The molecule has 1 aromatic heterocycles. The van der Waals surface area contributed by atoms with Gasteiger partial charge >= 0.3 is 0 Å². The van der Waals surface area contributed by atoms with Crippen LogP contribution in [-0.4, -0.2) is 22.3 Å². The smallest absolute Gasteiger partial charge is 0.245 e. The highest BCUT2D eigenvalue weighted by Crippen LogP contribution is 2.02. The molecule has 6 nitrogen and oxygen atoms in total. The minimum Gasteiger partial charge on any atom is -0.368 e. The number of nitrogens with two attached hydrogens (primary N) is 1. The van der Waals surface area contributed by atoms with E-state index in [1.165, 1.54) is 0 Å². The lowest BCUT2D eigenvalue weighted by molar-refractivity contribution is -0.125. The largest absolute Gasteiger partial charge is 0.368 e. The van der Waals surface area contributed by atoms with Crippen LogP contribution in [0.5, 0.6) is 0 Å². The zero-order chi connectivity index (χ0) is 11.3. The van der Waals surface area contributed by atoms with Crippen molar-refractivity contribution < 1.29 is 9.63 Å². The Kier molecular flexibility index (Phi) is 4.26. The van der Waals surface area contributed by atoms with E-state index < -0.39 is 5.91 Å². The van der Waals surface area contributed by atoms with Crippen molar-refractivity contribution in [1.29, 1.82) is 0 Å². The summed E-state index contributed by atoms with van der Waals surface area (Å²) in [5, 5.41) is 4.27. The van der Waals surface area contributed by atoms with Gasteiger partial charge in [0.1, 0.15) is 6.61 Å². The van der Waals surface area contributed by atoms with Gasteiger partial charge in [0.05, 0.1) is 17.9 Å². The van der Waals surface area contributed by atoms with Gasteiger partial charge in [-0.2, -0.15) is 10.6 Å². The van der Waals surface area contributed by atoms with Crippen LogP contribution in [0.3, 0.4) is 0 Å². The van der Waals surface area contributed by atoms with Gasteiger partial charge in [0.15, 0.2) is 0 Å². The number of amides is 1. The summed E-state index contributed by atoms with van der Waals surface area (Å²) in [5.74, 6) is -0.498. The van der Waals surface area contributed by atoms with Crippen LogP contribution >= 0.6 is 0 Å². The van der Waals surface area contributed by atoms with Crippen LogP contribution < -0.4 is 11.2 Å². The number of aryl methyl sites for hydroxylation is 2. The third kappa shape index (κ3) is 3.69. The molecule has 0 spiro atoms. The Morgan fingerprint density at radius 1 is 1.73 bits per heavy atom. The number of hydrogen-bond acceptors (Lipinski definition) is 4. The van der Waals surface area contributed by atoms with Crippen LogP contribution in [0.4, 0.5) is 0 Å². The molecule has 0 aromatic carbocycles. The van der Waals surface area contributed by atoms with Crippen LogP contribution in [0.25, 0.3) is 0 Å². The fraction of sp³-hybridized carbons (Fsp3) is 0.556. The first kappa shape index (κ1) is 11.7. The summed E-state index contributed by atoms with van der Waals surface area (Å²) >= 11 is 0. The van der Waals surface area contributed by atoms with Crippen molar-refractivity contribution in [3.8, 4) is 0 Å². The molecule has 0 aliphatic carbocycles. The molecule has 0 bridgehead atoms. The standard InChI is InChI=1S/C9H16N4O2/c1-3-7-4-8(13(2)12-7)5-11-15-6-9(10)14/h4,11H,3,5-6H2,1-2H3,(H2,10,14). The van der Waals surface area contributed by atoms with Crippen LogP contribution in [0.15, 0.2) is 6.07 Å². The van der Waals surface area contributed by atoms with E-state index in [0.717, 1.165) is 17.8 Å². The fourth-order valence-electron chi connectivity index (χ4n) is 1.16. The van der Waals surface area contributed by atoms with Crippen molar-refractivity contribution >= 4 is 5.91 Å². The molecule has 0 fully saturated rings. The molecule has 1 amide bonds. The molecule has 1 rings (SSSR count). The first-order chi connectivity index (χ1) is 7.13. The van der Waals surface area contributed by atoms with Crippen molar-refractivity contribution in [3.63, 3.8) is 0 Å². The van der Waals surface area contributed by atoms with Gasteiger partial charge < -0.3 is 5.73 Å². The monoisotopic (exact) mass is 212 g/mol. The maximum absolute atomic E-state index is 10.4. The topological polar surface area (TPSA) is 82.2 Å². The van der Waals surface area contributed by atoms with Gasteiger partial charge in [-0.05, 0) is 12.5 Å². The van der Waals surface area contributed by atoms with E-state index in [1.807, 2.05) is 20.0 Å². The number of aromatic nitrogens is 2.